The lowest BCUT2D eigenvalue weighted by Crippen LogP contribution is -2.28. The molecule has 2 N–H and O–H groups in total. The van der Waals surface area contributed by atoms with Crippen LogP contribution in [0.25, 0.3) is 0 Å². The van der Waals surface area contributed by atoms with Gasteiger partial charge in [0.05, 0.1) is 0 Å². The van der Waals surface area contributed by atoms with Crippen molar-refractivity contribution >= 4 is 17.8 Å². The Morgan fingerprint density at radius 1 is 0.464 bits per heavy atom. The van der Waals surface area contributed by atoms with Crippen LogP contribution in [0.4, 0.5) is 0 Å². The normalized spacial score (nSPS) is 12.2. The molecular formula is C50H93NO5. The van der Waals surface area contributed by atoms with Crippen molar-refractivity contribution in [3.8, 4) is 0 Å². The number of carbonyl (C=O) groups excluding carboxylic acids is 2. The van der Waals surface area contributed by atoms with Crippen molar-refractivity contribution in [1.29, 1.82) is 0 Å². The summed E-state index contributed by atoms with van der Waals surface area (Å²) in [4.78, 5) is 35.1. The summed E-state index contributed by atoms with van der Waals surface area (Å²) in [6, 6.07) is 0. The molecule has 1 atom stereocenters. The maximum atomic E-state index is 12.8. The lowest BCUT2D eigenvalue weighted by atomic mass is 10.0. The quantitative estimate of drug-likeness (QED) is 0.0364. The summed E-state index contributed by atoms with van der Waals surface area (Å²) in [5, 5.41) is 11.1. The number of rotatable bonds is 45. The molecule has 1 amide bonds. The zero-order valence-electron chi connectivity index (χ0n) is 37.3. The van der Waals surface area contributed by atoms with Gasteiger partial charge in [0, 0.05) is 12.8 Å². The monoisotopic (exact) mass is 788 g/mol. The summed E-state index contributed by atoms with van der Waals surface area (Å²) < 4.78 is 6.03. The summed E-state index contributed by atoms with van der Waals surface area (Å²) >= 11 is 0. The van der Waals surface area contributed by atoms with Crippen molar-refractivity contribution in [2.24, 2.45) is 0 Å². The van der Waals surface area contributed by atoms with Gasteiger partial charge in [-0.1, -0.05) is 212 Å². The molecule has 0 aliphatic rings. The molecule has 0 aromatic rings. The third-order valence-corrected chi connectivity index (χ3v) is 11.1. The number of hydrogen-bond acceptors (Lipinski definition) is 4. The van der Waals surface area contributed by atoms with Gasteiger partial charge < -0.3 is 15.2 Å². The van der Waals surface area contributed by atoms with Crippen LogP contribution in [-0.2, 0) is 19.1 Å². The van der Waals surface area contributed by atoms with Crippen LogP contribution >= 0.6 is 0 Å². The number of unbranched alkanes of at least 4 members (excludes halogenated alkanes) is 30. The second-order valence-corrected chi connectivity index (χ2v) is 16.7. The molecule has 6 nitrogen and oxygen atoms in total. The standard InChI is InChI=1S/C50H93NO5/c1-3-5-7-9-11-13-15-17-18-19-20-21-22-23-24-26-28-30-32-37-41-45-50(55)56-47(43-39-35-33-36-40-44-48(52)51-46-49(53)54)42-38-34-31-29-27-25-16-14-12-10-8-6-4-2/h16,25,29,31,47H,3-15,17-24,26-28,30,32-46H2,1-2H3,(H,51,52)(H,53,54)/b25-16-,31-29-. The first-order valence-electron chi connectivity index (χ1n) is 24.5. The van der Waals surface area contributed by atoms with E-state index in [-0.39, 0.29) is 24.5 Å². The second-order valence-electron chi connectivity index (χ2n) is 16.7. The Kier molecular flexibility index (Phi) is 43.9. The Bertz CT molecular complexity index is 915. The van der Waals surface area contributed by atoms with Crippen molar-refractivity contribution in [2.75, 3.05) is 6.54 Å². The fourth-order valence-electron chi connectivity index (χ4n) is 7.49. The van der Waals surface area contributed by atoms with Gasteiger partial charge in [-0.15, -0.1) is 0 Å². The molecule has 0 saturated carbocycles. The summed E-state index contributed by atoms with van der Waals surface area (Å²) in [5.41, 5.74) is 0. The zero-order chi connectivity index (χ0) is 40.8. The molecule has 328 valence electrons. The summed E-state index contributed by atoms with van der Waals surface area (Å²) in [6.45, 7) is 4.23. The molecule has 0 bridgehead atoms. The molecule has 0 saturated heterocycles. The fourth-order valence-corrected chi connectivity index (χ4v) is 7.49. The van der Waals surface area contributed by atoms with Crippen LogP contribution in [0.15, 0.2) is 24.3 Å². The van der Waals surface area contributed by atoms with E-state index in [2.05, 4.69) is 43.5 Å². The zero-order valence-corrected chi connectivity index (χ0v) is 37.3. The minimum Gasteiger partial charge on any atom is -0.480 e. The fraction of sp³-hybridized carbons (Fsp3) is 0.860. The van der Waals surface area contributed by atoms with Crippen LogP contribution < -0.4 is 5.32 Å². The average molecular weight is 788 g/mol. The van der Waals surface area contributed by atoms with E-state index in [9.17, 15) is 14.4 Å². The smallest absolute Gasteiger partial charge is 0.322 e. The van der Waals surface area contributed by atoms with Gasteiger partial charge >= 0.3 is 11.9 Å². The van der Waals surface area contributed by atoms with Crippen LogP contribution in [0.2, 0.25) is 0 Å². The number of carboxylic acid groups (broad SMARTS) is 1. The number of allylic oxidation sites excluding steroid dienone is 4. The number of carboxylic acids is 1. The highest BCUT2D eigenvalue weighted by Gasteiger charge is 2.14. The van der Waals surface area contributed by atoms with Crippen molar-refractivity contribution in [3.05, 3.63) is 24.3 Å². The number of amides is 1. The van der Waals surface area contributed by atoms with Gasteiger partial charge in [0.1, 0.15) is 12.6 Å². The predicted octanol–water partition coefficient (Wildman–Crippen LogP) is 15.5. The Labute approximate surface area is 347 Å². The van der Waals surface area contributed by atoms with E-state index in [4.69, 9.17) is 9.84 Å². The second kappa shape index (κ2) is 45.6. The van der Waals surface area contributed by atoms with E-state index in [1.807, 2.05) is 0 Å². The van der Waals surface area contributed by atoms with Gasteiger partial charge in [0.2, 0.25) is 5.91 Å². The van der Waals surface area contributed by atoms with E-state index in [1.165, 1.54) is 161 Å². The van der Waals surface area contributed by atoms with Gasteiger partial charge in [-0.3, -0.25) is 14.4 Å². The topological polar surface area (TPSA) is 92.7 Å². The van der Waals surface area contributed by atoms with Crippen molar-refractivity contribution in [3.63, 3.8) is 0 Å². The molecule has 0 fully saturated rings. The van der Waals surface area contributed by atoms with Crippen LogP contribution in [-0.4, -0.2) is 35.6 Å². The Morgan fingerprint density at radius 2 is 0.839 bits per heavy atom. The lowest BCUT2D eigenvalue weighted by Gasteiger charge is -2.18. The molecule has 56 heavy (non-hydrogen) atoms. The molecule has 0 aliphatic heterocycles. The van der Waals surface area contributed by atoms with E-state index in [0.29, 0.717) is 12.8 Å². The van der Waals surface area contributed by atoms with E-state index in [0.717, 1.165) is 77.0 Å². The van der Waals surface area contributed by atoms with Crippen LogP contribution in [0.5, 0.6) is 0 Å². The first-order valence-corrected chi connectivity index (χ1v) is 24.5. The number of carbonyl (C=O) groups is 3. The van der Waals surface area contributed by atoms with Crippen LogP contribution in [0.3, 0.4) is 0 Å². The molecule has 1 unspecified atom stereocenters. The number of nitrogens with one attached hydrogen (secondary N) is 1. The molecule has 0 radical (unpaired) electrons. The lowest BCUT2D eigenvalue weighted by molar-refractivity contribution is -0.150. The number of aliphatic carboxylic acids is 1. The van der Waals surface area contributed by atoms with Crippen LogP contribution in [0.1, 0.15) is 264 Å². The predicted molar refractivity (Wildman–Crippen MR) is 240 cm³/mol. The molecule has 0 aromatic heterocycles. The molecule has 0 spiro atoms. The maximum Gasteiger partial charge on any atom is 0.322 e. The number of esters is 1. The van der Waals surface area contributed by atoms with Gasteiger partial charge in [-0.25, -0.2) is 0 Å². The Hall–Kier alpha value is -2.11. The van der Waals surface area contributed by atoms with Gasteiger partial charge in [-0.05, 0) is 64.2 Å². The van der Waals surface area contributed by atoms with Crippen molar-refractivity contribution in [1.82, 2.24) is 5.32 Å². The highest BCUT2D eigenvalue weighted by Crippen LogP contribution is 2.19. The minimum atomic E-state index is -1.02. The SMILES string of the molecule is CCCCCCC/C=C\C/C=C\CCCC(CCCCCCCC(=O)NCC(=O)O)OC(=O)CCCCCCCCCCCCCCCCCCCCCCC. The molecule has 0 rings (SSSR count). The third kappa shape index (κ3) is 44.6. The summed E-state index contributed by atoms with van der Waals surface area (Å²) in [7, 11) is 0. The third-order valence-electron chi connectivity index (χ3n) is 11.1. The van der Waals surface area contributed by atoms with Gasteiger partial charge in [0.25, 0.3) is 0 Å². The molecule has 6 heteroatoms. The number of hydrogen-bond donors (Lipinski definition) is 2. The highest BCUT2D eigenvalue weighted by molar-refractivity contribution is 5.80. The number of ether oxygens (including phenoxy) is 1. The molecule has 0 aromatic carbocycles. The Balaban J connectivity index is 4.08. The van der Waals surface area contributed by atoms with Crippen molar-refractivity contribution < 1.29 is 24.2 Å². The summed E-state index contributed by atoms with van der Waals surface area (Å²) in [6.07, 6.45) is 56.1. The molecular weight excluding hydrogens is 695 g/mol. The van der Waals surface area contributed by atoms with E-state index < -0.39 is 5.97 Å². The molecule has 0 aliphatic carbocycles. The minimum absolute atomic E-state index is 0.0137. The summed E-state index contributed by atoms with van der Waals surface area (Å²) in [5.74, 6) is -1.25. The first-order chi connectivity index (χ1) is 27.5. The molecule has 0 heterocycles. The van der Waals surface area contributed by atoms with Crippen LogP contribution in [0, 0.1) is 0 Å². The highest BCUT2D eigenvalue weighted by atomic mass is 16.5. The van der Waals surface area contributed by atoms with E-state index >= 15 is 0 Å². The average Bonchev–Trinajstić information content (AvgIpc) is 3.18. The largest absolute Gasteiger partial charge is 0.480 e. The van der Waals surface area contributed by atoms with Crippen molar-refractivity contribution in [2.45, 2.75) is 270 Å². The maximum absolute atomic E-state index is 12.8. The first kappa shape index (κ1) is 53.9. The van der Waals surface area contributed by atoms with Gasteiger partial charge in [0.15, 0.2) is 0 Å². The van der Waals surface area contributed by atoms with Gasteiger partial charge in [-0.2, -0.15) is 0 Å². The Morgan fingerprint density at radius 3 is 1.30 bits per heavy atom. The van der Waals surface area contributed by atoms with E-state index in [1.54, 1.807) is 0 Å².